The van der Waals surface area contributed by atoms with Crippen LogP contribution in [0.5, 0.6) is 0 Å². The van der Waals surface area contributed by atoms with E-state index in [-0.39, 0.29) is 12.5 Å². The Morgan fingerprint density at radius 3 is 2.12 bits per heavy atom. The molecule has 1 heterocycles. The van der Waals surface area contributed by atoms with E-state index in [1.807, 2.05) is 39.8 Å². The Morgan fingerprint density at radius 1 is 1.12 bits per heavy atom. The highest BCUT2D eigenvalue weighted by Gasteiger charge is 2.51. The van der Waals surface area contributed by atoms with E-state index in [4.69, 9.17) is 9.31 Å². The van der Waals surface area contributed by atoms with Crippen molar-refractivity contribution in [2.24, 2.45) is 0 Å². The third kappa shape index (κ3) is 3.22. The van der Waals surface area contributed by atoms with Crippen LogP contribution in [0.2, 0.25) is 0 Å². The number of rotatable bonds is 4. The zero-order valence-electron chi connectivity index (χ0n) is 14.8. The molecule has 6 heteroatoms. The normalized spacial score (nSPS) is 23.6. The van der Waals surface area contributed by atoms with Gasteiger partial charge in [0.25, 0.3) is 5.91 Å². The van der Waals surface area contributed by atoms with Crippen LogP contribution in [0.4, 0.5) is 4.39 Å². The van der Waals surface area contributed by atoms with E-state index in [0.717, 1.165) is 11.9 Å². The first-order valence-electron chi connectivity index (χ1n) is 8.55. The largest absolute Gasteiger partial charge is 0.494 e. The first-order chi connectivity index (χ1) is 11.1. The zero-order valence-corrected chi connectivity index (χ0v) is 14.8. The van der Waals surface area contributed by atoms with Crippen LogP contribution >= 0.6 is 0 Å². The highest BCUT2D eigenvalue weighted by atomic mass is 19.1. The summed E-state index contributed by atoms with van der Waals surface area (Å²) in [5.74, 6) is -0.251. The second-order valence-electron chi connectivity index (χ2n) is 7.90. The smallest absolute Gasteiger partial charge is 0.399 e. The van der Waals surface area contributed by atoms with Gasteiger partial charge in [-0.25, -0.2) is 4.39 Å². The van der Waals surface area contributed by atoms with E-state index >= 15 is 0 Å². The lowest BCUT2D eigenvalue weighted by molar-refractivity contribution is 0.00578. The Balaban J connectivity index is 1.62. The molecule has 2 aliphatic rings. The van der Waals surface area contributed by atoms with Crippen LogP contribution in [-0.4, -0.2) is 36.4 Å². The molecule has 4 nitrogen and oxygen atoms in total. The van der Waals surface area contributed by atoms with Gasteiger partial charge >= 0.3 is 7.12 Å². The molecule has 0 atom stereocenters. The molecule has 1 amide bonds. The van der Waals surface area contributed by atoms with E-state index in [1.165, 1.54) is 0 Å². The third-order valence-corrected chi connectivity index (χ3v) is 5.51. The number of nitrogens with one attached hydrogen (secondary N) is 1. The van der Waals surface area contributed by atoms with Crippen LogP contribution in [0.3, 0.4) is 0 Å². The highest BCUT2D eigenvalue weighted by molar-refractivity contribution is 6.62. The van der Waals surface area contributed by atoms with Crippen LogP contribution in [0, 0.1) is 0 Å². The molecule has 1 saturated heterocycles. The summed E-state index contributed by atoms with van der Waals surface area (Å²) in [6, 6.07) is 7.10. The Hall–Kier alpha value is -1.40. The molecule has 0 unspecified atom stereocenters. The lowest BCUT2D eigenvalue weighted by atomic mass is 9.79. The minimum absolute atomic E-state index is 0.0881. The molecule has 1 aliphatic heterocycles. The van der Waals surface area contributed by atoms with Gasteiger partial charge in [-0.3, -0.25) is 4.79 Å². The van der Waals surface area contributed by atoms with Crippen molar-refractivity contribution in [2.75, 3.05) is 6.54 Å². The standard InChI is InChI=1S/C18H25BFNO3/c1-16(2)17(3,4)24-19(23-16)14-8-6-13(7-9-14)15(22)21-12-18(20)10-5-11-18/h6-9H,5,10-12H2,1-4H3,(H,21,22). The van der Waals surface area contributed by atoms with E-state index < -0.39 is 24.0 Å². The molecular weight excluding hydrogens is 308 g/mol. The lowest BCUT2D eigenvalue weighted by Gasteiger charge is -2.33. The van der Waals surface area contributed by atoms with Crippen LogP contribution in [0.25, 0.3) is 0 Å². The van der Waals surface area contributed by atoms with Crippen LogP contribution < -0.4 is 10.8 Å². The van der Waals surface area contributed by atoms with Crippen molar-refractivity contribution >= 4 is 18.5 Å². The minimum atomic E-state index is -1.21. The molecule has 130 valence electrons. The van der Waals surface area contributed by atoms with Crippen LogP contribution in [-0.2, 0) is 9.31 Å². The first-order valence-corrected chi connectivity index (χ1v) is 8.55. The Labute approximate surface area is 143 Å². The monoisotopic (exact) mass is 333 g/mol. The van der Waals surface area contributed by atoms with E-state index in [2.05, 4.69) is 5.32 Å². The maximum Gasteiger partial charge on any atom is 0.494 e. The number of alkyl halides is 1. The predicted molar refractivity (Wildman–Crippen MR) is 92.2 cm³/mol. The molecule has 1 saturated carbocycles. The Kier molecular flexibility index (Phi) is 4.25. The van der Waals surface area contributed by atoms with Crippen molar-refractivity contribution in [3.63, 3.8) is 0 Å². The topological polar surface area (TPSA) is 47.6 Å². The van der Waals surface area contributed by atoms with Gasteiger partial charge in [0.05, 0.1) is 17.7 Å². The number of amides is 1. The molecule has 24 heavy (non-hydrogen) atoms. The molecular formula is C18H25BFNO3. The Morgan fingerprint density at radius 2 is 1.67 bits per heavy atom. The van der Waals surface area contributed by atoms with Gasteiger partial charge in [0.1, 0.15) is 5.67 Å². The Bertz CT molecular complexity index is 610. The maximum absolute atomic E-state index is 13.9. The fraction of sp³-hybridized carbons (Fsp3) is 0.611. The fourth-order valence-electron chi connectivity index (χ4n) is 2.85. The average Bonchev–Trinajstić information content (AvgIpc) is 2.71. The molecule has 1 aromatic rings. The van der Waals surface area contributed by atoms with Crippen molar-refractivity contribution in [3.05, 3.63) is 29.8 Å². The van der Waals surface area contributed by atoms with Crippen LogP contribution in [0.1, 0.15) is 57.3 Å². The number of benzene rings is 1. The van der Waals surface area contributed by atoms with E-state index in [0.29, 0.717) is 18.4 Å². The summed E-state index contributed by atoms with van der Waals surface area (Å²) in [4.78, 5) is 12.1. The third-order valence-electron chi connectivity index (χ3n) is 5.51. The number of hydrogen-bond acceptors (Lipinski definition) is 3. The van der Waals surface area contributed by atoms with Gasteiger partial charge in [-0.15, -0.1) is 0 Å². The van der Waals surface area contributed by atoms with Crippen molar-refractivity contribution < 1.29 is 18.5 Å². The second kappa shape index (κ2) is 5.85. The summed E-state index contributed by atoms with van der Waals surface area (Å²) in [5, 5.41) is 2.68. The lowest BCUT2D eigenvalue weighted by Crippen LogP contribution is -2.44. The number of hydrogen-bond donors (Lipinski definition) is 1. The molecule has 2 fully saturated rings. The number of halogens is 1. The van der Waals surface area contributed by atoms with Gasteiger partial charge in [-0.1, -0.05) is 12.1 Å². The SMILES string of the molecule is CC1(C)OB(c2ccc(C(=O)NCC3(F)CCC3)cc2)OC1(C)C. The summed E-state index contributed by atoms with van der Waals surface area (Å²) < 4.78 is 25.9. The van der Waals surface area contributed by atoms with Gasteiger partial charge in [0.2, 0.25) is 0 Å². The molecule has 0 aromatic heterocycles. The second-order valence-corrected chi connectivity index (χ2v) is 7.90. The number of carbonyl (C=O) groups excluding carboxylic acids is 1. The van der Waals surface area contributed by atoms with E-state index in [1.54, 1.807) is 12.1 Å². The first kappa shape index (κ1) is 17.4. The summed E-state index contributed by atoms with van der Waals surface area (Å²) in [6.07, 6.45) is 1.97. The van der Waals surface area contributed by atoms with Gasteiger partial charge < -0.3 is 14.6 Å². The summed E-state index contributed by atoms with van der Waals surface area (Å²) in [7, 11) is -0.448. The molecule has 0 bridgehead atoms. The summed E-state index contributed by atoms with van der Waals surface area (Å²) in [6.45, 7) is 8.10. The molecule has 3 rings (SSSR count). The van der Waals surface area contributed by atoms with Gasteiger partial charge in [-0.2, -0.15) is 0 Å². The van der Waals surface area contributed by atoms with Crippen molar-refractivity contribution in [1.29, 1.82) is 0 Å². The fourth-order valence-corrected chi connectivity index (χ4v) is 2.85. The average molecular weight is 333 g/mol. The van der Waals surface area contributed by atoms with Gasteiger partial charge in [0.15, 0.2) is 0 Å². The predicted octanol–water partition coefficient (Wildman–Crippen LogP) is 2.61. The molecule has 0 radical (unpaired) electrons. The summed E-state index contributed by atoms with van der Waals surface area (Å²) in [5.41, 5.74) is -0.625. The van der Waals surface area contributed by atoms with Crippen molar-refractivity contribution in [3.8, 4) is 0 Å². The van der Waals surface area contributed by atoms with Crippen molar-refractivity contribution in [1.82, 2.24) is 5.32 Å². The summed E-state index contributed by atoms with van der Waals surface area (Å²) >= 11 is 0. The molecule has 1 aromatic carbocycles. The molecule has 0 spiro atoms. The quantitative estimate of drug-likeness (QED) is 0.862. The molecule has 1 aliphatic carbocycles. The molecule has 1 N–H and O–H groups in total. The van der Waals surface area contributed by atoms with Crippen LogP contribution in [0.15, 0.2) is 24.3 Å². The highest BCUT2D eigenvalue weighted by Crippen LogP contribution is 2.36. The number of carbonyl (C=O) groups is 1. The maximum atomic E-state index is 13.9. The van der Waals surface area contributed by atoms with Gasteiger partial charge in [0, 0.05) is 5.56 Å². The van der Waals surface area contributed by atoms with Gasteiger partial charge in [-0.05, 0) is 64.6 Å². The zero-order chi connectivity index (χ0) is 17.6. The van der Waals surface area contributed by atoms with E-state index in [9.17, 15) is 9.18 Å². The minimum Gasteiger partial charge on any atom is -0.399 e. The van der Waals surface area contributed by atoms with Crippen molar-refractivity contribution in [2.45, 2.75) is 63.8 Å².